The quantitative estimate of drug-likeness (QED) is 0.664. The Morgan fingerprint density at radius 1 is 1.60 bits per heavy atom. The molecule has 1 heterocycles. The summed E-state index contributed by atoms with van der Waals surface area (Å²) in [5.41, 5.74) is 0. The number of nitrogens with one attached hydrogen (secondary N) is 1. The third-order valence-corrected chi connectivity index (χ3v) is 2.04. The molecule has 0 spiro atoms. The van der Waals surface area contributed by atoms with E-state index in [-0.39, 0.29) is 12.4 Å². The number of halogens is 1. The fourth-order valence-corrected chi connectivity index (χ4v) is 1.28. The molecule has 10 heavy (non-hydrogen) atoms. The van der Waals surface area contributed by atoms with Crippen molar-refractivity contribution in [3.8, 4) is 0 Å². The molecule has 0 saturated carbocycles. The van der Waals surface area contributed by atoms with E-state index >= 15 is 0 Å². The predicted octanol–water partition coefficient (Wildman–Crippen LogP) is 1.20. The Kier molecular flexibility index (Phi) is 5.04. The molecule has 1 aliphatic heterocycles. The van der Waals surface area contributed by atoms with Gasteiger partial charge in [0.1, 0.15) is 0 Å². The van der Waals surface area contributed by atoms with E-state index < -0.39 is 0 Å². The lowest BCUT2D eigenvalue weighted by Gasteiger charge is -2.16. The van der Waals surface area contributed by atoms with Crippen molar-refractivity contribution in [2.45, 2.75) is 31.9 Å². The summed E-state index contributed by atoms with van der Waals surface area (Å²) in [5, 5.41) is 3.38. The molecule has 0 aromatic carbocycles. The van der Waals surface area contributed by atoms with Crippen molar-refractivity contribution in [1.29, 1.82) is 0 Å². The first-order valence-electron chi connectivity index (χ1n) is 3.61. The molecule has 2 atom stereocenters. The smallest absolute Gasteiger partial charge is 0.0696 e. The van der Waals surface area contributed by atoms with E-state index in [1.54, 1.807) is 7.11 Å². The highest BCUT2D eigenvalue weighted by Crippen LogP contribution is 2.10. The Bertz CT molecular complexity index is 83.7. The highest BCUT2D eigenvalue weighted by atomic mass is 35.5. The molecule has 3 heteroatoms. The normalized spacial score (nSPS) is 27.6. The van der Waals surface area contributed by atoms with E-state index in [0.29, 0.717) is 12.1 Å². The van der Waals surface area contributed by atoms with Crippen LogP contribution in [0, 0.1) is 0 Å². The Balaban J connectivity index is 0.000000810. The highest BCUT2D eigenvalue weighted by Gasteiger charge is 2.19. The van der Waals surface area contributed by atoms with Crippen molar-refractivity contribution in [2.24, 2.45) is 0 Å². The summed E-state index contributed by atoms with van der Waals surface area (Å²) < 4.78 is 5.17. The third-order valence-electron chi connectivity index (χ3n) is 2.04. The van der Waals surface area contributed by atoms with Gasteiger partial charge in [0.15, 0.2) is 0 Å². The van der Waals surface area contributed by atoms with Crippen molar-refractivity contribution >= 4 is 12.4 Å². The number of rotatable bonds is 2. The van der Waals surface area contributed by atoms with Crippen molar-refractivity contribution in [3.63, 3.8) is 0 Å². The van der Waals surface area contributed by atoms with Gasteiger partial charge in [0, 0.05) is 13.2 Å². The van der Waals surface area contributed by atoms with Crippen LogP contribution in [0.15, 0.2) is 0 Å². The molecular formula is C7H16ClNO. The van der Waals surface area contributed by atoms with Gasteiger partial charge in [-0.15, -0.1) is 12.4 Å². The zero-order valence-corrected chi connectivity index (χ0v) is 7.41. The largest absolute Gasteiger partial charge is 0.380 e. The van der Waals surface area contributed by atoms with Gasteiger partial charge in [-0.2, -0.15) is 0 Å². The Hall–Kier alpha value is 0.210. The van der Waals surface area contributed by atoms with Gasteiger partial charge < -0.3 is 10.1 Å². The lowest BCUT2D eigenvalue weighted by molar-refractivity contribution is 0.0894. The summed E-state index contributed by atoms with van der Waals surface area (Å²) in [7, 11) is 1.77. The fourth-order valence-electron chi connectivity index (χ4n) is 1.28. The maximum absolute atomic E-state index is 5.17. The van der Waals surface area contributed by atoms with Crippen molar-refractivity contribution < 1.29 is 4.74 Å². The molecule has 0 aliphatic carbocycles. The van der Waals surface area contributed by atoms with Crippen LogP contribution in [0.3, 0.4) is 0 Å². The first kappa shape index (κ1) is 10.2. The first-order valence-corrected chi connectivity index (χ1v) is 3.61. The van der Waals surface area contributed by atoms with E-state index in [1.807, 2.05) is 0 Å². The summed E-state index contributed by atoms with van der Waals surface area (Å²) in [6.07, 6.45) is 2.96. The third kappa shape index (κ3) is 2.45. The summed E-state index contributed by atoms with van der Waals surface area (Å²) >= 11 is 0. The molecule has 0 amide bonds. The summed E-state index contributed by atoms with van der Waals surface area (Å²) in [6, 6.07) is 0.606. The molecular weight excluding hydrogens is 150 g/mol. The average Bonchev–Trinajstić information content (AvgIpc) is 2.37. The first-order chi connectivity index (χ1) is 4.34. The number of hydrogen-bond donors (Lipinski definition) is 1. The summed E-state index contributed by atoms with van der Waals surface area (Å²) in [5.74, 6) is 0. The Morgan fingerprint density at radius 2 is 2.30 bits per heavy atom. The Morgan fingerprint density at radius 3 is 2.70 bits per heavy atom. The molecule has 1 aliphatic rings. The van der Waals surface area contributed by atoms with Crippen LogP contribution in [-0.2, 0) is 4.74 Å². The molecule has 1 rings (SSSR count). The minimum atomic E-state index is 0. The SMILES string of the molecule is COC(C)[C@H]1CCCN1.Cl. The van der Waals surface area contributed by atoms with Crippen molar-refractivity contribution in [3.05, 3.63) is 0 Å². The second-order valence-electron chi connectivity index (χ2n) is 2.64. The average molecular weight is 166 g/mol. The van der Waals surface area contributed by atoms with Gasteiger partial charge in [-0.3, -0.25) is 0 Å². The predicted molar refractivity (Wildman–Crippen MR) is 44.7 cm³/mol. The summed E-state index contributed by atoms with van der Waals surface area (Å²) in [6.45, 7) is 3.28. The topological polar surface area (TPSA) is 21.3 Å². The van der Waals surface area contributed by atoms with E-state index in [9.17, 15) is 0 Å². The van der Waals surface area contributed by atoms with E-state index in [2.05, 4.69) is 12.2 Å². The lowest BCUT2D eigenvalue weighted by atomic mass is 10.1. The van der Waals surface area contributed by atoms with E-state index in [0.717, 1.165) is 0 Å². The van der Waals surface area contributed by atoms with E-state index in [1.165, 1.54) is 19.4 Å². The van der Waals surface area contributed by atoms with Crippen LogP contribution in [0.1, 0.15) is 19.8 Å². The molecule has 1 N–H and O–H groups in total. The Labute approximate surface area is 68.7 Å². The van der Waals surface area contributed by atoms with Gasteiger partial charge in [0.25, 0.3) is 0 Å². The van der Waals surface area contributed by atoms with Crippen molar-refractivity contribution in [2.75, 3.05) is 13.7 Å². The van der Waals surface area contributed by atoms with Gasteiger partial charge in [0.2, 0.25) is 0 Å². The van der Waals surface area contributed by atoms with Gasteiger partial charge in [-0.05, 0) is 26.3 Å². The number of ether oxygens (including phenoxy) is 1. The van der Waals surface area contributed by atoms with E-state index in [4.69, 9.17) is 4.74 Å². The second kappa shape index (κ2) is 4.94. The molecule has 1 unspecified atom stereocenters. The van der Waals surface area contributed by atoms with Crippen LogP contribution in [0.5, 0.6) is 0 Å². The zero-order chi connectivity index (χ0) is 6.69. The van der Waals surface area contributed by atoms with Crippen molar-refractivity contribution in [1.82, 2.24) is 5.32 Å². The molecule has 0 bridgehead atoms. The van der Waals surface area contributed by atoms with Gasteiger partial charge >= 0.3 is 0 Å². The monoisotopic (exact) mass is 165 g/mol. The molecule has 1 saturated heterocycles. The minimum absolute atomic E-state index is 0. The van der Waals surface area contributed by atoms with Crippen LogP contribution in [0.25, 0.3) is 0 Å². The molecule has 0 aromatic rings. The van der Waals surface area contributed by atoms with Gasteiger partial charge in [-0.1, -0.05) is 0 Å². The molecule has 0 aromatic heterocycles. The van der Waals surface area contributed by atoms with Crippen LogP contribution in [0.2, 0.25) is 0 Å². The number of hydrogen-bond acceptors (Lipinski definition) is 2. The fraction of sp³-hybridized carbons (Fsp3) is 1.00. The van der Waals surface area contributed by atoms with Gasteiger partial charge in [0.05, 0.1) is 6.10 Å². The maximum Gasteiger partial charge on any atom is 0.0696 e. The molecule has 2 nitrogen and oxygen atoms in total. The number of methoxy groups -OCH3 is 1. The zero-order valence-electron chi connectivity index (χ0n) is 6.59. The molecule has 1 fully saturated rings. The second-order valence-corrected chi connectivity index (χ2v) is 2.64. The molecule has 62 valence electrons. The van der Waals surface area contributed by atoms with Gasteiger partial charge in [-0.25, -0.2) is 0 Å². The minimum Gasteiger partial charge on any atom is -0.380 e. The molecule has 0 radical (unpaired) electrons. The standard InChI is InChI=1S/C7H15NO.ClH/c1-6(9-2)7-4-3-5-8-7;/h6-8H,3-5H2,1-2H3;1H/t6?,7-;/m1./s1. The van der Waals surface area contributed by atoms with Crippen LogP contribution >= 0.6 is 12.4 Å². The lowest BCUT2D eigenvalue weighted by Crippen LogP contribution is -2.33. The van der Waals surface area contributed by atoms with Crippen LogP contribution in [-0.4, -0.2) is 25.8 Å². The van der Waals surface area contributed by atoms with Crippen LogP contribution < -0.4 is 5.32 Å². The maximum atomic E-state index is 5.17. The highest BCUT2D eigenvalue weighted by molar-refractivity contribution is 5.85. The summed E-state index contributed by atoms with van der Waals surface area (Å²) in [4.78, 5) is 0. The van der Waals surface area contributed by atoms with Crippen LogP contribution in [0.4, 0.5) is 0 Å².